The van der Waals surface area contributed by atoms with Crippen LogP contribution in [0.5, 0.6) is 0 Å². The summed E-state index contributed by atoms with van der Waals surface area (Å²) in [5.41, 5.74) is 0.446. The number of ketones is 1. The Labute approximate surface area is 198 Å². The van der Waals surface area contributed by atoms with Gasteiger partial charge in [0.1, 0.15) is 6.04 Å². The van der Waals surface area contributed by atoms with Crippen molar-refractivity contribution in [3.05, 3.63) is 35.9 Å². The van der Waals surface area contributed by atoms with E-state index in [0.717, 1.165) is 11.3 Å². The first-order valence-electron chi connectivity index (χ1n) is 10.6. The maximum Gasteiger partial charge on any atom is 0.329 e. The molecular weight excluding hydrogens is 530 g/mol. The molecule has 6 nitrogen and oxygen atoms in total. The zero-order valence-electron chi connectivity index (χ0n) is 17.4. The highest BCUT2D eigenvalue weighted by Gasteiger charge is 2.67. The Morgan fingerprint density at radius 2 is 1.58 bits per heavy atom. The fourth-order valence-corrected chi connectivity index (χ4v) is 7.25. The Kier molecular flexibility index (Phi) is 6.41. The van der Waals surface area contributed by atoms with Crippen LogP contribution >= 0.6 is 31.9 Å². The molecule has 31 heavy (non-hydrogen) atoms. The third-order valence-corrected chi connectivity index (χ3v) is 9.95. The lowest BCUT2D eigenvalue weighted by atomic mass is 9.81. The van der Waals surface area contributed by atoms with Gasteiger partial charge < -0.3 is 4.74 Å². The van der Waals surface area contributed by atoms with E-state index in [0.29, 0.717) is 12.0 Å². The van der Waals surface area contributed by atoms with Crippen LogP contribution in [0.15, 0.2) is 30.3 Å². The van der Waals surface area contributed by atoms with Crippen LogP contribution < -0.4 is 0 Å². The molecule has 8 heteroatoms. The molecule has 2 aliphatic carbocycles. The minimum Gasteiger partial charge on any atom is -0.456 e. The van der Waals surface area contributed by atoms with E-state index in [-0.39, 0.29) is 56.8 Å². The highest BCUT2D eigenvalue weighted by Crippen LogP contribution is 2.60. The number of benzene rings is 1. The topological polar surface area (TPSA) is 80.8 Å². The summed E-state index contributed by atoms with van der Waals surface area (Å²) < 4.78 is 5.31. The van der Waals surface area contributed by atoms with Crippen molar-refractivity contribution in [2.24, 2.45) is 29.6 Å². The van der Waals surface area contributed by atoms with Gasteiger partial charge in [-0.1, -0.05) is 76.0 Å². The lowest BCUT2D eigenvalue weighted by Gasteiger charge is -2.28. The number of imide groups is 1. The Morgan fingerprint density at radius 1 is 1.03 bits per heavy atom. The Morgan fingerprint density at radius 3 is 2.10 bits per heavy atom. The average Bonchev–Trinajstić information content (AvgIpc) is 3.35. The number of Topliss-reactive ketones (excluding diaryl/α,β-unsaturated/α-hetero) is 1. The van der Waals surface area contributed by atoms with Gasteiger partial charge in [0, 0.05) is 15.2 Å². The second kappa shape index (κ2) is 8.77. The van der Waals surface area contributed by atoms with Crippen molar-refractivity contribution in [2.45, 2.75) is 42.4 Å². The predicted octanol–water partition coefficient (Wildman–Crippen LogP) is 3.61. The number of fused-ring (bicyclic) bond motifs is 5. The molecule has 1 aliphatic heterocycles. The number of halogens is 2. The molecule has 1 aromatic carbocycles. The molecular formula is C23H25Br2NO5. The number of rotatable bonds is 7. The normalized spacial score (nSPS) is 32.5. The van der Waals surface area contributed by atoms with E-state index in [1.807, 2.05) is 13.8 Å². The summed E-state index contributed by atoms with van der Waals surface area (Å²) in [6, 6.07) is 7.57. The summed E-state index contributed by atoms with van der Waals surface area (Å²) in [6.45, 7) is 3.43. The molecule has 0 aromatic heterocycles. The summed E-state index contributed by atoms with van der Waals surface area (Å²) in [7, 11) is 0. The third-order valence-electron chi connectivity index (χ3n) is 6.74. The first kappa shape index (κ1) is 22.6. The van der Waals surface area contributed by atoms with Gasteiger partial charge in [0.15, 0.2) is 12.4 Å². The molecule has 7 atom stereocenters. The summed E-state index contributed by atoms with van der Waals surface area (Å²) in [4.78, 5) is 53.4. The summed E-state index contributed by atoms with van der Waals surface area (Å²) in [5, 5.41) is 0. The number of hydrogen-bond donors (Lipinski definition) is 0. The van der Waals surface area contributed by atoms with Gasteiger partial charge in [-0.3, -0.25) is 19.3 Å². The molecule has 1 heterocycles. The standard InChI is InChI=1S/C23H25Br2NO5/c1-11(2)8-15(23(30)31-10-16(27)12-6-4-3-5-7-12)26-21(28)17-13-9-14(18(17)22(26)29)20(25)19(13)24/h3-7,11,13-15,17-20H,8-10H2,1-2H3. The maximum absolute atomic E-state index is 13.3. The van der Waals surface area contributed by atoms with E-state index in [1.54, 1.807) is 30.3 Å². The summed E-state index contributed by atoms with van der Waals surface area (Å²) in [6.07, 6.45) is 1.14. The number of esters is 1. The molecule has 4 rings (SSSR count). The molecule has 3 fully saturated rings. The highest BCUT2D eigenvalue weighted by molar-refractivity contribution is 9.12. The first-order valence-corrected chi connectivity index (χ1v) is 12.5. The number of nitrogens with zero attached hydrogens (tertiary/aromatic N) is 1. The molecule has 0 N–H and O–H groups in total. The average molecular weight is 555 g/mol. The second-order valence-electron chi connectivity index (χ2n) is 9.09. The number of carbonyl (C=O) groups excluding carboxylic acids is 4. The van der Waals surface area contributed by atoms with E-state index in [2.05, 4.69) is 31.9 Å². The van der Waals surface area contributed by atoms with Crippen LogP contribution in [-0.2, 0) is 19.1 Å². The van der Waals surface area contributed by atoms with Gasteiger partial charge in [-0.05, 0) is 30.6 Å². The minimum atomic E-state index is -1.00. The molecule has 2 amide bonds. The number of alkyl halides is 2. The van der Waals surface area contributed by atoms with Gasteiger partial charge in [0.25, 0.3) is 0 Å². The minimum absolute atomic E-state index is 0.0629. The zero-order chi connectivity index (χ0) is 22.4. The molecule has 2 bridgehead atoms. The lowest BCUT2D eigenvalue weighted by molar-refractivity contribution is -0.159. The van der Waals surface area contributed by atoms with Crippen molar-refractivity contribution in [1.29, 1.82) is 0 Å². The Hall–Kier alpha value is -1.54. The highest BCUT2D eigenvalue weighted by atomic mass is 79.9. The quantitative estimate of drug-likeness (QED) is 0.223. The van der Waals surface area contributed by atoms with Crippen molar-refractivity contribution >= 4 is 55.4 Å². The molecule has 166 valence electrons. The monoisotopic (exact) mass is 553 g/mol. The number of likely N-dealkylation sites (tertiary alicyclic amines) is 1. The maximum atomic E-state index is 13.3. The van der Waals surface area contributed by atoms with Crippen LogP contribution in [0.2, 0.25) is 0 Å². The predicted molar refractivity (Wildman–Crippen MR) is 121 cm³/mol. The van der Waals surface area contributed by atoms with Crippen LogP contribution in [0, 0.1) is 29.6 Å². The molecule has 0 spiro atoms. The van der Waals surface area contributed by atoms with E-state index < -0.39 is 18.6 Å². The van der Waals surface area contributed by atoms with Gasteiger partial charge in [0.05, 0.1) is 11.8 Å². The smallest absolute Gasteiger partial charge is 0.329 e. The van der Waals surface area contributed by atoms with Crippen LogP contribution in [0.3, 0.4) is 0 Å². The van der Waals surface area contributed by atoms with Crippen molar-refractivity contribution in [3.8, 4) is 0 Å². The molecule has 3 aliphatic rings. The van der Waals surface area contributed by atoms with Gasteiger partial charge >= 0.3 is 5.97 Å². The fourth-order valence-electron chi connectivity index (χ4n) is 5.37. The van der Waals surface area contributed by atoms with Crippen molar-refractivity contribution in [3.63, 3.8) is 0 Å². The van der Waals surface area contributed by atoms with Crippen LogP contribution in [0.4, 0.5) is 0 Å². The van der Waals surface area contributed by atoms with Crippen LogP contribution in [0.1, 0.15) is 37.0 Å². The van der Waals surface area contributed by atoms with Crippen molar-refractivity contribution in [2.75, 3.05) is 6.61 Å². The Bertz CT molecular complexity index is 872. The van der Waals surface area contributed by atoms with Gasteiger partial charge in [-0.15, -0.1) is 0 Å². The number of hydrogen-bond acceptors (Lipinski definition) is 5. The van der Waals surface area contributed by atoms with Gasteiger partial charge in [-0.25, -0.2) is 4.79 Å². The Balaban J connectivity index is 1.51. The molecule has 7 unspecified atom stereocenters. The van der Waals surface area contributed by atoms with E-state index >= 15 is 0 Å². The van der Waals surface area contributed by atoms with Crippen LogP contribution in [0.25, 0.3) is 0 Å². The first-order chi connectivity index (χ1) is 14.7. The van der Waals surface area contributed by atoms with E-state index in [9.17, 15) is 19.2 Å². The third kappa shape index (κ3) is 3.90. The zero-order valence-corrected chi connectivity index (χ0v) is 20.5. The van der Waals surface area contributed by atoms with Crippen LogP contribution in [-0.4, -0.2) is 50.8 Å². The molecule has 1 saturated heterocycles. The fraction of sp³-hybridized carbons (Fsp3) is 0.565. The molecule has 2 saturated carbocycles. The summed E-state index contributed by atoms with van der Waals surface area (Å²) >= 11 is 7.35. The summed E-state index contributed by atoms with van der Waals surface area (Å²) in [5.74, 6) is -2.12. The SMILES string of the molecule is CC(C)CC(C(=O)OCC(=O)c1ccccc1)N1C(=O)C2C3CC(C(Br)C3Br)C2C1=O. The number of carbonyl (C=O) groups is 4. The second-order valence-corrected chi connectivity index (χ2v) is 11.2. The van der Waals surface area contributed by atoms with E-state index in [4.69, 9.17) is 4.74 Å². The van der Waals surface area contributed by atoms with Crippen molar-refractivity contribution in [1.82, 2.24) is 4.90 Å². The van der Waals surface area contributed by atoms with Gasteiger partial charge in [-0.2, -0.15) is 0 Å². The number of ether oxygens (including phenoxy) is 1. The van der Waals surface area contributed by atoms with Gasteiger partial charge in [0.2, 0.25) is 11.8 Å². The lowest BCUT2D eigenvalue weighted by Crippen LogP contribution is -2.48. The molecule has 1 aromatic rings. The van der Waals surface area contributed by atoms with E-state index in [1.165, 1.54) is 0 Å². The van der Waals surface area contributed by atoms with Crippen molar-refractivity contribution < 1.29 is 23.9 Å². The number of amides is 2. The molecule has 0 radical (unpaired) electrons. The largest absolute Gasteiger partial charge is 0.456 e.